The summed E-state index contributed by atoms with van der Waals surface area (Å²) in [4.78, 5) is 14.5. The van der Waals surface area contributed by atoms with Crippen LogP contribution >= 0.6 is 0 Å². The van der Waals surface area contributed by atoms with Gasteiger partial charge in [0.15, 0.2) is 0 Å². The van der Waals surface area contributed by atoms with Gasteiger partial charge < -0.3 is 11.1 Å². The number of benzene rings is 1. The molecule has 1 unspecified atom stereocenters. The number of aryl methyl sites for hydroxylation is 1. The number of para-hydroxylation sites is 1. The van der Waals surface area contributed by atoms with Crippen LogP contribution in [0.25, 0.3) is 0 Å². The fourth-order valence-corrected chi connectivity index (χ4v) is 2.93. The molecule has 2 rings (SSSR count). The number of nitrogens with zero attached hydrogens (tertiary/aromatic N) is 1. The van der Waals surface area contributed by atoms with E-state index in [2.05, 4.69) is 31.0 Å². The number of amides is 1. The molecule has 1 fully saturated rings. The summed E-state index contributed by atoms with van der Waals surface area (Å²) in [6.45, 7) is 11.2. The molecule has 1 heterocycles. The lowest BCUT2D eigenvalue weighted by Gasteiger charge is -2.27. The van der Waals surface area contributed by atoms with Gasteiger partial charge in [0.2, 0.25) is 5.91 Å². The first-order valence-corrected chi connectivity index (χ1v) is 7.64. The Bertz CT molecular complexity index is 499. The Morgan fingerprint density at radius 2 is 2.14 bits per heavy atom. The number of nitrogens with one attached hydrogen (secondary N) is 1. The molecule has 4 nitrogen and oxygen atoms in total. The van der Waals surface area contributed by atoms with E-state index >= 15 is 0 Å². The maximum Gasteiger partial charge on any atom is 0.238 e. The standard InChI is InChI=1S/C17H27N3O/c1-12-6-5-7-14(18)16(12)19-15(21)11-20-9-8-13(10-20)17(2,3)4/h5-7,13H,8-11,18H2,1-4H3,(H,19,21). The van der Waals surface area contributed by atoms with Gasteiger partial charge in [0.1, 0.15) is 0 Å². The highest BCUT2D eigenvalue weighted by Gasteiger charge is 2.32. The molecule has 1 aliphatic heterocycles. The minimum Gasteiger partial charge on any atom is -0.397 e. The SMILES string of the molecule is Cc1cccc(N)c1NC(=O)CN1CCC(C(C)(C)C)C1. The Morgan fingerprint density at radius 3 is 2.71 bits per heavy atom. The van der Waals surface area contributed by atoms with Crippen molar-refractivity contribution in [3.63, 3.8) is 0 Å². The van der Waals surface area contributed by atoms with Crippen molar-refractivity contribution in [2.75, 3.05) is 30.7 Å². The second kappa shape index (κ2) is 6.06. The summed E-state index contributed by atoms with van der Waals surface area (Å²) >= 11 is 0. The van der Waals surface area contributed by atoms with Gasteiger partial charge in [0.25, 0.3) is 0 Å². The molecule has 1 aromatic carbocycles. The van der Waals surface area contributed by atoms with Crippen LogP contribution < -0.4 is 11.1 Å². The Morgan fingerprint density at radius 1 is 1.43 bits per heavy atom. The predicted molar refractivity (Wildman–Crippen MR) is 88.2 cm³/mol. The van der Waals surface area contributed by atoms with Crippen LogP contribution in [0.2, 0.25) is 0 Å². The maximum atomic E-state index is 12.2. The van der Waals surface area contributed by atoms with E-state index in [1.807, 2.05) is 25.1 Å². The van der Waals surface area contributed by atoms with Gasteiger partial charge in [-0.25, -0.2) is 0 Å². The normalized spacial score (nSPS) is 19.7. The lowest BCUT2D eigenvalue weighted by Crippen LogP contribution is -2.33. The first-order chi connectivity index (χ1) is 9.77. The molecule has 1 amide bonds. The van der Waals surface area contributed by atoms with Crippen molar-refractivity contribution in [1.29, 1.82) is 0 Å². The molecule has 3 N–H and O–H groups in total. The second-order valence-electron chi connectivity index (χ2n) is 7.17. The Kier molecular flexibility index (Phi) is 4.57. The molecular formula is C17H27N3O. The van der Waals surface area contributed by atoms with E-state index in [0.717, 1.165) is 24.3 Å². The minimum atomic E-state index is 0.0190. The van der Waals surface area contributed by atoms with Crippen LogP contribution in [-0.2, 0) is 4.79 Å². The number of hydrogen-bond acceptors (Lipinski definition) is 3. The highest BCUT2D eigenvalue weighted by molar-refractivity contribution is 5.96. The molecule has 0 radical (unpaired) electrons. The van der Waals surface area contributed by atoms with Gasteiger partial charge in [-0.1, -0.05) is 32.9 Å². The highest BCUT2D eigenvalue weighted by Crippen LogP contribution is 2.33. The third-order valence-electron chi connectivity index (χ3n) is 4.43. The number of carbonyl (C=O) groups excluding carboxylic acids is 1. The summed E-state index contributed by atoms with van der Waals surface area (Å²) < 4.78 is 0. The van der Waals surface area contributed by atoms with Crippen molar-refractivity contribution in [3.05, 3.63) is 23.8 Å². The third kappa shape index (κ3) is 3.97. The van der Waals surface area contributed by atoms with Crippen LogP contribution in [0.4, 0.5) is 11.4 Å². The van der Waals surface area contributed by atoms with Crippen molar-refractivity contribution in [2.24, 2.45) is 11.3 Å². The van der Waals surface area contributed by atoms with Crippen LogP contribution in [0.5, 0.6) is 0 Å². The number of hydrogen-bond donors (Lipinski definition) is 2. The fourth-order valence-electron chi connectivity index (χ4n) is 2.93. The van der Waals surface area contributed by atoms with Crippen molar-refractivity contribution < 1.29 is 4.79 Å². The number of anilines is 2. The zero-order valence-electron chi connectivity index (χ0n) is 13.6. The number of likely N-dealkylation sites (tertiary alicyclic amines) is 1. The van der Waals surface area contributed by atoms with Gasteiger partial charge in [0.05, 0.1) is 17.9 Å². The number of nitrogens with two attached hydrogens (primary N) is 1. The van der Waals surface area contributed by atoms with Gasteiger partial charge in [0, 0.05) is 6.54 Å². The summed E-state index contributed by atoms with van der Waals surface area (Å²) in [5.74, 6) is 0.680. The minimum absolute atomic E-state index is 0.0190. The van der Waals surface area contributed by atoms with Crippen LogP contribution in [0, 0.1) is 18.3 Å². The van der Waals surface area contributed by atoms with Crippen molar-refractivity contribution >= 4 is 17.3 Å². The Hall–Kier alpha value is -1.55. The first-order valence-electron chi connectivity index (χ1n) is 7.64. The van der Waals surface area contributed by atoms with Crippen molar-refractivity contribution in [1.82, 2.24) is 4.90 Å². The molecule has 0 bridgehead atoms. The molecule has 0 aromatic heterocycles. The summed E-state index contributed by atoms with van der Waals surface area (Å²) in [7, 11) is 0. The molecular weight excluding hydrogens is 262 g/mol. The van der Waals surface area contributed by atoms with Gasteiger partial charge in [-0.2, -0.15) is 0 Å². The highest BCUT2D eigenvalue weighted by atomic mass is 16.2. The average Bonchev–Trinajstić information content (AvgIpc) is 2.82. The predicted octanol–water partition coefficient (Wildman–Crippen LogP) is 2.88. The molecule has 1 aromatic rings. The molecule has 1 atom stereocenters. The molecule has 1 saturated heterocycles. The average molecular weight is 289 g/mol. The van der Waals surface area contributed by atoms with E-state index < -0.39 is 0 Å². The van der Waals surface area contributed by atoms with E-state index in [-0.39, 0.29) is 5.91 Å². The quantitative estimate of drug-likeness (QED) is 0.841. The van der Waals surface area contributed by atoms with Gasteiger partial charge in [-0.15, -0.1) is 0 Å². The largest absolute Gasteiger partial charge is 0.397 e. The smallest absolute Gasteiger partial charge is 0.238 e. The maximum absolute atomic E-state index is 12.2. The monoisotopic (exact) mass is 289 g/mol. The summed E-state index contributed by atoms with van der Waals surface area (Å²) in [6, 6.07) is 5.67. The molecule has 0 aliphatic carbocycles. The summed E-state index contributed by atoms with van der Waals surface area (Å²) in [5.41, 5.74) is 8.60. The zero-order chi connectivity index (χ0) is 15.6. The van der Waals surface area contributed by atoms with Gasteiger partial charge in [-0.3, -0.25) is 9.69 Å². The van der Waals surface area contributed by atoms with Gasteiger partial charge in [-0.05, 0) is 42.9 Å². The van der Waals surface area contributed by atoms with Crippen LogP contribution in [0.3, 0.4) is 0 Å². The fraction of sp³-hybridized carbons (Fsp3) is 0.588. The molecule has 116 valence electrons. The second-order valence-corrected chi connectivity index (χ2v) is 7.17. The Balaban J connectivity index is 1.92. The number of nitrogen functional groups attached to an aromatic ring is 1. The molecule has 21 heavy (non-hydrogen) atoms. The van der Waals surface area contributed by atoms with E-state index in [1.54, 1.807) is 0 Å². The van der Waals surface area contributed by atoms with E-state index in [1.165, 1.54) is 6.42 Å². The van der Waals surface area contributed by atoms with Crippen LogP contribution in [-0.4, -0.2) is 30.4 Å². The third-order valence-corrected chi connectivity index (χ3v) is 4.43. The van der Waals surface area contributed by atoms with E-state index in [9.17, 15) is 4.79 Å². The topological polar surface area (TPSA) is 58.4 Å². The van der Waals surface area contributed by atoms with E-state index in [0.29, 0.717) is 23.6 Å². The number of carbonyl (C=O) groups is 1. The zero-order valence-corrected chi connectivity index (χ0v) is 13.6. The summed E-state index contributed by atoms with van der Waals surface area (Å²) in [5, 5.41) is 2.95. The van der Waals surface area contributed by atoms with Crippen LogP contribution in [0.1, 0.15) is 32.8 Å². The van der Waals surface area contributed by atoms with E-state index in [4.69, 9.17) is 5.73 Å². The molecule has 4 heteroatoms. The number of rotatable bonds is 3. The molecule has 0 saturated carbocycles. The van der Waals surface area contributed by atoms with Crippen molar-refractivity contribution in [2.45, 2.75) is 34.1 Å². The molecule has 1 aliphatic rings. The van der Waals surface area contributed by atoms with Gasteiger partial charge >= 0.3 is 0 Å². The summed E-state index contributed by atoms with van der Waals surface area (Å²) in [6.07, 6.45) is 1.17. The first kappa shape index (κ1) is 15.8. The van der Waals surface area contributed by atoms with Crippen LogP contribution in [0.15, 0.2) is 18.2 Å². The lowest BCUT2D eigenvalue weighted by molar-refractivity contribution is -0.117. The lowest BCUT2D eigenvalue weighted by atomic mass is 9.80. The van der Waals surface area contributed by atoms with Crippen molar-refractivity contribution in [3.8, 4) is 0 Å². The Labute approximate surface area is 127 Å². The molecule has 0 spiro atoms.